The zero-order chi connectivity index (χ0) is 15.6. The summed E-state index contributed by atoms with van der Waals surface area (Å²) in [4.78, 5) is 14.8. The van der Waals surface area contributed by atoms with Crippen molar-refractivity contribution in [1.82, 2.24) is 4.98 Å². The first-order chi connectivity index (χ1) is 9.79. The van der Waals surface area contributed by atoms with Gasteiger partial charge in [0.2, 0.25) is 5.91 Å². The maximum atomic E-state index is 12.2. The molecule has 3 N–H and O–H groups in total. The molecule has 0 spiro atoms. The van der Waals surface area contributed by atoms with Crippen molar-refractivity contribution < 1.29 is 13.2 Å². The molecule has 6 nitrogen and oxygen atoms in total. The minimum atomic E-state index is -3.84. The average molecular weight is 391 g/mol. The van der Waals surface area contributed by atoms with Crippen LogP contribution in [0.4, 0.5) is 5.69 Å². The smallest absolute Gasteiger partial charge is 0.261 e. The lowest BCUT2D eigenvalue weighted by Crippen LogP contribution is -2.15. The van der Waals surface area contributed by atoms with Crippen molar-refractivity contribution in [2.75, 3.05) is 4.72 Å². The Morgan fingerprint density at radius 2 is 1.90 bits per heavy atom. The van der Waals surface area contributed by atoms with Gasteiger partial charge in [0.05, 0.1) is 10.6 Å². The summed E-state index contributed by atoms with van der Waals surface area (Å²) >= 11 is 9.01. The highest BCUT2D eigenvalue weighted by Crippen LogP contribution is 2.25. The van der Waals surface area contributed by atoms with Gasteiger partial charge in [0.25, 0.3) is 10.0 Å². The largest absolute Gasteiger partial charge is 0.366 e. The second-order valence-corrected chi connectivity index (χ2v) is 6.94. The third-order valence-corrected chi connectivity index (χ3v) is 4.62. The Labute approximate surface area is 134 Å². The number of sulfonamides is 1. The van der Waals surface area contributed by atoms with Gasteiger partial charge in [-0.05, 0) is 46.3 Å². The van der Waals surface area contributed by atoms with Crippen LogP contribution in [0.25, 0.3) is 0 Å². The lowest BCUT2D eigenvalue weighted by Gasteiger charge is -2.09. The van der Waals surface area contributed by atoms with Crippen LogP contribution < -0.4 is 10.5 Å². The van der Waals surface area contributed by atoms with Crippen molar-refractivity contribution in [3.8, 4) is 0 Å². The zero-order valence-electron chi connectivity index (χ0n) is 10.4. The van der Waals surface area contributed by atoms with E-state index in [1.807, 2.05) is 0 Å². The second kappa shape index (κ2) is 6.00. The fourth-order valence-corrected chi connectivity index (χ4v) is 3.09. The number of anilines is 1. The topological polar surface area (TPSA) is 102 Å². The highest BCUT2D eigenvalue weighted by molar-refractivity contribution is 9.10. The van der Waals surface area contributed by atoms with E-state index in [2.05, 4.69) is 25.6 Å². The number of hydrogen-bond acceptors (Lipinski definition) is 4. The van der Waals surface area contributed by atoms with E-state index in [4.69, 9.17) is 17.3 Å². The third-order valence-electron chi connectivity index (χ3n) is 2.50. The average Bonchev–Trinajstić information content (AvgIpc) is 2.43. The van der Waals surface area contributed by atoms with Crippen LogP contribution >= 0.6 is 27.5 Å². The maximum Gasteiger partial charge on any atom is 0.261 e. The fourth-order valence-electron chi connectivity index (χ4n) is 1.50. The van der Waals surface area contributed by atoms with E-state index >= 15 is 0 Å². The molecule has 1 heterocycles. The highest BCUT2D eigenvalue weighted by atomic mass is 79.9. The first kappa shape index (κ1) is 15.7. The van der Waals surface area contributed by atoms with Gasteiger partial charge in [0, 0.05) is 16.2 Å². The molecule has 110 valence electrons. The first-order valence-electron chi connectivity index (χ1n) is 5.53. The molecule has 2 rings (SSSR count). The molecule has 0 saturated heterocycles. The van der Waals surface area contributed by atoms with Crippen LogP contribution in [0.5, 0.6) is 0 Å². The van der Waals surface area contributed by atoms with E-state index in [0.29, 0.717) is 4.47 Å². The van der Waals surface area contributed by atoms with Crippen molar-refractivity contribution >= 4 is 49.1 Å². The number of hydrogen-bond donors (Lipinski definition) is 2. The van der Waals surface area contributed by atoms with Gasteiger partial charge in [0.1, 0.15) is 0 Å². The number of nitrogens with zero attached hydrogens (tertiary/aromatic N) is 1. The van der Waals surface area contributed by atoms with Crippen molar-refractivity contribution in [1.29, 1.82) is 0 Å². The second-order valence-electron chi connectivity index (χ2n) is 3.99. The number of nitrogens with one attached hydrogen (secondary N) is 1. The molecule has 9 heteroatoms. The Hall–Kier alpha value is -1.64. The maximum absolute atomic E-state index is 12.2. The minimum absolute atomic E-state index is 0.0236. The summed E-state index contributed by atoms with van der Waals surface area (Å²) < 4.78 is 27.3. The SMILES string of the molecule is NC(=O)c1ccc(S(=O)(=O)Nc2cc(Br)cnc2Cl)cc1. The van der Waals surface area contributed by atoms with Crippen LogP contribution in [0.15, 0.2) is 45.9 Å². The number of halogens is 2. The van der Waals surface area contributed by atoms with Gasteiger partial charge in [-0.2, -0.15) is 0 Å². The van der Waals surface area contributed by atoms with E-state index in [9.17, 15) is 13.2 Å². The van der Waals surface area contributed by atoms with Crippen molar-refractivity contribution in [2.24, 2.45) is 5.73 Å². The predicted molar refractivity (Wildman–Crippen MR) is 82.7 cm³/mol. The predicted octanol–water partition coefficient (Wildman–Crippen LogP) is 2.40. The zero-order valence-corrected chi connectivity index (χ0v) is 13.5. The number of pyridine rings is 1. The van der Waals surface area contributed by atoms with Crippen LogP contribution in [-0.2, 0) is 10.0 Å². The molecule has 1 amide bonds. The standard InChI is InChI=1S/C12H9BrClN3O3S/c13-8-5-10(11(14)16-6-8)17-21(19,20)9-3-1-7(2-4-9)12(15)18/h1-6,17H,(H2,15,18). The summed E-state index contributed by atoms with van der Waals surface area (Å²) in [5.41, 5.74) is 5.46. The molecule has 0 saturated carbocycles. The number of aromatic nitrogens is 1. The van der Waals surface area contributed by atoms with E-state index in [-0.39, 0.29) is 21.3 Å². The van der Waals surface area contributed by atoms with Gasteiger partial charge in [-0.3, -0.25) is 9.52 Å². The first-order valence-corrected chi connectivity index (χ1v) is 8.19. The summed E-state index contributed by atoms with van der Waals surface area (Å²) in [5.74, 6) is -0.633. The van der Waals surface area contributed by atoms with Crippen LogP contribution in [0, 0.1) is 0 Å². The highest BCUT2D eigenvalue weighted by Gasteiger charge is 2.17. The summed E-state index contributed by atoms with van der Waals surface area (Å²) in [7, 11) is -3.84. The summed E-state index contributed by atoms with van der Waals surface area (Å²) in [6.45, 7) is 0. The molecular weight excluding hydrogens is 382 g/mol. The van der Waals surface area contributed by atoms with E-state index < -0.39 is 15.9 Å². The molecule has 0 radical (unpaired) electrons. The number of rotatable bonds is 4. The van der Waals surface area contributed by atoms with Gasteiger partial charge < -0.3 is 5.73 Å². The Morgan fingerprint density at radius 3 is 2.48 bits per heavy atom. The van der Waals surface area contributed by atoms with Gasteiger partial charge in [0.15, 0.2) is 5.15 Å². The van der Waals surface area contributed by atoms with Gasteiger partial charge in [-0.1, -0.05) is 11.6 Å². The molecule has 0 aliphatic rings. The van der Waals surface area contributed by atoms with Gasteiger partial charge in [-0.25, -0.2) is 13.4 Å². The third kappa shape index (κ3) is 3.72. The van der Waals surface area contributed by atoms with Crippen molar-refractivity contribution in [3.05, 3.63) is 51.7 Å². The van der Waals surface area contributed by atoms with Crippen molar-refractivity contribution in [2.45, 2.75) is 4.90 Å². The van der Waals surface area contributed by atoms with Crippen LogP contribution in [0.3, 0.4) is 0 Å². The molecule has 0 bridgehead atoms. The van der Waals surface area contributed by atoms with Crippen molar-refractivity contribution in [3.63, 3.8) is 0 Å². The number of carbonyl (C=O) groups excluding carboxylic acids is 1. The normalized spacial score (nSPS) is 11.1. The minimum Gasteiger partial charge on any atom is -0.366 e. The number of nitrogens with two attached hydrogens (primary N) is 1. The van der Waals surface area contributed by atoms with E-state index in [0.717, 1.165) is 0 Å². The monoisotopic (exact) mass is 389 g/mol. The molecule has 0 fully saturated rings. The van der Waals surface area contributed by atoms with Crippen LogP contribution in [-0.4, -0.2) is 19.3 Å². The molecule has 1 aromatic carbocycles. The fraction of sp³-hybridized carbons (Fsp3) is 0. The number of benzene rings is 1. The number of carbonyl (C=O) groups is 1. The Balaban J connectivity index is 2.34. The molecule has 2 aromatic rings. The number of primary amides is 1. The number of amides is 1. The Bertz CT molecular complexity index is 794. The molecule has 0 unspecified atom stereocenters. The van der Waals surface area contributed by atoms with Crippen LogP contribution in [0.1, 0.15) is 10.4 Å². The lowest BCUT2D eigenvalue weighted by atomic mass is 10.2. The molecular formula is C12H9BrClN3O3S. The van der Waals surface area contributed by atoms with E-state index in [1.54, 1.807) is 0 Å². The molecule has 0 aliphatic carbocycles. The summed E-state index contributed by atoms with van der Waals surface area (Å²) in [6, 6.07) is 6.71. The Kier molecular flexibility index (Phi) is 4.50. The molecule has 0 aliphatic heterocycles. The molecule has 0 atom stereocenters. The molecule has 21 heavy (non-hydrogen) atoms. The summed E-state index contributed by atoms with van der Waals surface area (Å²) in [6.07, 6.45) is 1.45. The Morgan fingerprint density at radius 1 is 1.29 bits per heavy atom. The van der Waals surface area contributed by atoms with Gasteiger partial charge in [-0.15, -0.1) is 0 Å². The van der Waals surface area contributed by atoms with Gasteiger partial charge >= 0.3 is 0 Å². The summed E-state index contributed by atoms with van der Waals surface area (Å²) in [5, 5.41) is 0.0236. The quantitative estimate of drug-likeness (QED) is 0.782. The lowest BCUT2D eigenvalue weighted by molar-refractivity contribution is 0.1000. The van der Waals surface area contributed by atoms with E-state index in [1.165, 1.54) is 36.5 Å². The van der Waals surface area contributed by atoms with Crippen LogP contribution in [0.2, 0.25) is 5.15 Å². The molecule has 1 aromatic heterocycles.